The molecule has 2 aromatic heterocycles. The van der Waals surface area contributed by atoms with Gasteiger partial charge in [0.25, 0.3) is 5.91 Å². The molecule has 1 amide bonds. The van der Waals surface area contributed by atoms with Crippen molar-refractivity contribution in [3.05, 3.63) is 28.4 Å². The van der Waals surface area contributed by atoms with Gasteiger partial charge in [0.15, 0.2) is 10.0 Å². The third-order valence-corrected chi connectivity index (χ3v) is 4.40. The molecule has 0 radical (unpaired) electrons. The Labute approximate surface area is 122 Å². The summed E-state index contributed by atoms with van der Waals surface area (Å²) in [6.45, 7) is 1.64. The van der Waals surface area contributed by atoms with E-state index in [0.717, 1.165) is 11.3 Å². The van der Waals surface area contributed by atoms with Gasteiger partial charge in [-0.2, -0.15) is 0 Å². The molecule has 0 aliphatic heterocycles. The van der Waals surface area contributed by atoms with E-state index in [2.05, 4.69) is 20.5 Å². The van der Waals surface area contributed by atoms with Crippen molar-refractivity contribution in [1.82, 2.24) is 20.5 Å². The molecule has 0 aromatic carbocycles. The van der Waals surface area contributed by atoms with Crippen LogP contribution in [0.25, 0.3) is 0 Å². The van der Waals surface area contributed by atoms with Gasteiger partial charge in [-0.05, 0) is 30.8 Å². The number of nitrogens with zero attached hydrogens (tertiary/aromatic N) is 3. The van der Waals surface area contributed by atoms with Gasteiger partial charge in [-0.15, -0.1) is 10.2 Å². The summed E-state index contributed by atoms with van der Waals surface area (Å²) in [6.07, 6.45) is 0. The number of hydrogen-bond donors (Lipinski definition) is 2. The molecule has 9 heteroatoms. The lowest BCUT2D eigenvalue weighted by Gasteiger charge is -1.99. The first kappa shape index (κ1) is 14.4. The van der Waals surface area contributed by atoms with E-state index in [1.807, 2.05) is 0 Å². The molecular weight excluding hydrogens is 300 g/mol. The fourth-order valence-corrected chi connectivity index (χ4v) is 3.22. The molecule has 0 unspecified atom stereocenters. The summed E-state index contributed by atoms with van der Waals surface area (Å²) in [5.74, 6) is -1.31. The maximum atomic E-state index is 11.3. The van der Waals surface area contributed by atoms with Crippen LogP contribution in [-0.4, -0.2) is 39.2 Å². The van der Waals surface area contributed by atoms with E-state index >= 15 is 0 Å². The number of hydrogen-bond acceptors (Lipinski definition) is 7. The number of aromatic nitrogens is 3. The topological polar surface area (TPSA) is 105 Å². The molecule has 0 bridgehead atoms. The van der Waals surface area contributed by atoms with Crippen LogP contribution in [0.3, 0.4) is 0 Å². The minimum atomic E-state index is -0.993. The highest BCUT2D eigenvalue weighted by Gasteiger charge is 2.15. The summed E-state index contributed by atoms with van der Waals surface area (Å²) in [6, 6.07) is 3.19. The minimum Gasteiger partial charge on any atom is -0.477 e. The molecule has 0 atom stereocenters. The number of thiazole rings is 1. The van der Waals surface area contributed by atoms with E-state index in [0.29, 0.717) is 15.1 Å². The second-order valence-electron chi connectivity index (χ2n) is 3.64. The maximum absolute atomic E-state index is 11.3. The number of nitrogens with one attached hydrogen (secondary N) is 1. The number of carboxylic acid groups (broad SMARTS) is 1. The Kier molecular flexibility index (Phi) is 4.30. The molecule has 104 valence electrons. The van der Waals surface area contributed by atoms with Gasteiger partial charge in [0.05, 0.1) is 5.69 Å². The van der Waals surface area contributed by atoms with E-state index in [4.69, 9.17) is 5.11 Å². The Morgan fingerprint density at radius 3 is 2.60 bits per heavy atom. The quantitative estimate of drug-likeness (QED) is 0.880. The Bertz CT molecular complexity index is 654. The number of carbonyl (C=O) groups excluding carboxylic acids is 1. The zero-order valence-corrected chi connectivity index (χ0v) is 12.2. The highest BCUT2D eigenvalue weighted by atomic mass is 32.2. The lowest BCUT2D eigenvalue weighted by Crippen LogP contribution is -2.19. The van der Waals surface area contributed by atoms with E-state index in [1.54, 1.807) is 19.1 Å². The number of amides is 1. The number of carboxylic acids is 1. The first-order valence-corrected chi connectivity index (χ1v) is 7.09. The van der Waals surface area contributed by atoms with E-state index in [1.165, 1.54) is 18.8 Å². The highest BCUT2D eigenvalue weighted by molar-refractivity contribution is 8.01. The molecule has 2 heterocycles. The summed E-state index contributed by atoms with van der Waals surface area (Å²) in [4.78, 5) is 26.6. The Morgan fingerprint density at radius 2 is 2.10 bits per heavy atom. The van der Waals surface area contributed by atoms with Crippen LogP contribution < -0.4 is 5.32 Å². The van der Waals surface area contributed by atoms with Crippen molar-refractivity contribution in [2.75, 3.05) is 7.05 Å². The van der Waals surface area contributed by atoms with Gasteiger partial charge in [0.2, 0.25) is 0 Å². The lowest BCUT2D eigenvalue weighted by atomic mass is 10.4. The Balaban J connectivity index is 2.16. The highest BCUT2D eigenvalue weighted by Crippen LogP contribution is 2.31. The van der Waals surface area contributed by atoms with Crippen LogP contribution in [-0.2, 0) is 0 Å². The second kappa shape index (κ2) is 5.97. The number of rotatable bonds is 4. The van der Waals surface area contributed by atoms with Gasteiger partial charge in [0, 0.05) is 7.05 Å². The molecule has 2 N–H and O–H groups in total. The summed E-state index contributed by atoms with van der Waals surface area (Å²) in [5.41, 5.74) is 0.693. The zero-order valence-electron chi connectivity index (χ0n) is 10.6. The molecule has 2 aromatic rings. The van der Waals surface area contributed by atoms with E-state index < -0.39 is 5.97 Å². The molecule has 0 spiro atoms. The molecule has 0 saturated heterocycles. The van der Waals surface area contributed by atoms with Gasteiger partial charge in [-0.25, -0.2) is 9.78 Å². The molecule has 7 nitrogen and oxygen atoms in total. The molecule has 2 rings (SSSR count). The second-order valence-corrected chi connectivity index (χ2v) is 5.90. The first-order valence-electron chi connectivity index (χ1n) is 5.45. The van der Waals surface area contributed by atoms with Crippen LogP contribution >= 0.6 is 23.1 Å². The van der Waals surface area contributed by atoms with Gasteiger partial charge in [-0.3, -0.25) is 4.79 Å². The summed E-state index contributed by atoms with van der Waals surface area (Å²) in [7, 11) is 1.51. The molecule has 0 saturated carbocycles. The number of aryl methyl sites for hydroxylation is 1. The van der Waals surface area contributed by atoms with Crippen molar-refractivity contribution in [2.24, 2.45) is 0 Å². The summed E-state index contributed by atoms with van der Waals surface area (Å²) >= 11 is 2.29. The van der Waals surface area contributed by atoms with Crippen LogP contribution in [0.15, 0.2) is 21.5 Å². The predicted octanol–water partition coefficient (Wildman–Crippen LogP) is 1.45. The summed E-state index contributed by atoms with van der Waals surface area (Å²) < 4.78 is 0.571. The van der Waals surface area contributed by atoms with Crippen molar-refractivity contribution in [2.45, 2.75) is 16.3 Å². The normalized spacial score (nSPS) is 10.3. The van der Waals surface area contributed by atoms with Crippen molar-refractivity contribution >= 4 is 35.0 Å². The summed E-state index contributed by atoms with van der Waals surface area (Å²) in [5, 5.41) is 19.6. The number of aromatic carboxylic acids is 1. The third kappa shape index (κ3) is 3.11. The predicted molar refractivity (Wildman–Crippen MR) is 73.4 cm³/mol. The van der Waals surface area contributed by atoms with Crippen LogP contribution in [0.1, 0.15) is 25.9 Å². The van der Waals surface area contributed by atoms with Crippen LogP contribution in [0.5, 0.6) is 0 Å². The van der Waals surface area contributed by atoms with Gasteiger partial charge in [-0.1, -0.05) is 11.3 Å². The average Bonchev–Trinajstić information content (AvgIpc) is 2.79. The fraction of sp³-hybridized carbons (Fsp3) is 0.182. The van der Waals surface area contributed by atoms with Crippen molar-refractivity contribution in [1.29, 1.82) is 0 Å². The van der Waals surface area contributed by atoms with Gasteiger partial charge < -0.3 is 10.4 Å². The smallest absolute Gasteiger partial charge is 0.347 e. The van der Waals surface area contributed by atoms with E-state index in [9.17, 15) is 9.59 Å². The third-order valence-electron chi connectivity index (χ3n) is 2.26. The van der Waals surface area contributed by atoms with Crippen molar-refractivity contribution in [3.8, 4) is 0 Å². The van der Waals surface area contributed by atoms with Gasteiger partial charge in [0.1, 0.15) is 9.90 Å². The standard InChI is InChI=1S/C11H10N4O3S2/c1-5-8(10(17)18)20-11(13-5)19-7-4-3-6(14-15-7)9(16)12-2/h3-4H,1-2H3,(H,12,16)(H,17,18). The average molecular weight is 310 g/mol. The van der Waals surface area contributed by atoms with Crippen LogP contribution in [0.4, 0.5) is 0 Å². The fourth-order valence-electron chi connectivity index (χ4n) is 1.33. The minimum absolute atomic E-state index is 0.211. The number of carbonyl (C=O) groups is 2. The largest absolute Gasteiger partial charge is 0.477 e. The SMILES string of the molecule is CNC(=O)c1ccc(Sc2nc(C)c(C(=O)O)s2)nn1. The van der Waals surface area contributed by atoms with Crippen molar-refractivity contribution in [3.63, 3.8) is 0 Å². The first-order chi connectivity index (χ1) is 9.51. The maximum Gasteiger partial charge on any atom is 0.347 e. The van der Waals surface area contributed by atoms with Crippen LogP contribution in [0.2, 0.25) is 0 Å². The Morgan fingerprint density at radius 1 is 1.35 bits per heavy atom. The Hall–Kier alpha value is -2.00. The molecule has 0 fully saturated rings. The molecule has 0 aliphatic rings. The van der Waals surface area contributed by atoms with Gasteiger partial charge >= 0.3 is 5.97 Å². The molecular formula is C11H10N4O3S2. The van der Waals surface area contributed by atoms with E-state index in [-0.39, 0.29) is 16.5 Å². The molecule has 0 aliphatic carbocycles. The van der Waals surface area contributed by atoms with Crippen molar-refractivity contribution < 1.29 is 14.7 Å². The van der Waals surface area contributed by atoms with Crippen LogP contribution in [0, 0.1) is 6.92 Å². The monoisotopic (exact) mass is 310 g/mol. The molecule has 20 heavy (non-hydrogen) atoms. The zero-order chi connectivity index (χ0) is 14.7. The lowest BCUT2D eigenvalue weighted by molar-refractivity contribution is 0.0701.